The normalized spacial score (nSPS) is 21.6. The largest absolute Gasteiger partial charge is 0.375 e. The first-order valence-corrected chi connectivity index (χ1v) is 7.82. The summed E-state index contributed by atoms with van der Waals surface area (Å²) in [5.74, 6) is 0. The van der Waals surface area contributed by atoms with Crippen molar-refractivity contribution >= 4 is 22.5 Å². The first-order valence-electron chi connectivity index (χ1n) is 7.45. The number of hydrogen-bond donors (Lipinski definition) is 1. The van der Waals surface area contributed by atoms with E-state index in [-0.39, 0.29) is 5.60 Å². The van der Waals surface area contributed by atoms with Gasteiger partial charge in [0, 0.05) is 35.8 Å². The van der Waals surface area contributed by atoms with Gasteiger partial charge in [0.2, 0.25) is 0 Å². The van der Waals surface area contributed by atoms with Gasteiger partial charge in [-0.05, 0) is 50.5 Å². The van der Waals surface area contributed by atoms with E-state index in [2.05, 4.69) is 30.2 Å². The summed E-state index contributed by atoms with van der Waals surface area (Å²) >= 11 is 6.24. The summed E-state index contributed by atoms with van der Waals surface area (Å²) in [5, 5.41) is 5.42. The first kappa shape index (κ1) is 14.8. The summed E-state index contributed by atoms with van der Waals surface area (Å²) in [5.41, 5.74) is 2.15. The minimum absolute atomic E-state index is 0.0315. The highest BCUT2D eigenvalue weighted by Crippen LogP contribution is 2.26. The monoisotopic (exact) mass is 304 g/mol. The number of nitrogens with zero attached hydrogens (tertiary/aromatic N) is 1. The van der Waals surface area contributed by atoms with Crippen molar-refractivity contribution < 1.29 is 4.74 Å². The molecule has 1 N–H and O–H groups in total. The van der Waals surface area contributed by atoms with Gasteiger partial charge < -0.3 is 10.1 Å². The van der Waals surface area contributed by atoms with Gasteiger partial charge >= 0.3 is 0 Å². The number of ether oxygens (including phenoxy) is 1. The van der Waals surface area contributed by atoms with E-state index in [9.17, 15) is 0 Å². The van der Waals surface area contributed by atoms with Crippen LogP contribution < -0.4 is 5.32 Å². The predicted octanol–water partition coefficient (Wildman–Crippen LogP) is 3.94. The molecule has 0 amide bonds. The van der Waals surface area contributed by atoms with Crippen LogP contribution in [0.1, 0.15) is 32.3 Å². The van der Waals surface area contributed by atoms with Gasteiger partial charge in [-0.1, -0.05) is 17.7 Å². The SMILES string of the molecule is CC1(C)CC(NCc2ccc(Cl)c3cccnc23)CCO1. The second kappa shape index (κ2) is 5.91. The molecule has 0 saturated carbocycles. The summed E-state index contributed by atoms with van der Waals surface area (Å²) < 4.78 is 5.76. The highest BCUT2D eigenvalue weighted by atomic mass is 35.5. The molecule has 3 rings (SSSR count). The van der Waals surface area contributed by atoms with Gasteiger partial charge in [0.1, 0.15) is 0 Å². The lowest BCUT2D eigenvalue weighted by molar-refractivity contribution is -0.0630. The molecule has 2 heterocycles. The molecule has 2 aromatic rings. The Labute approximate surface area is 130 Å². The van der Waals surface area contributed by atoms with Crippen molar-refractivity contribution in [3.05, 3.63) is 41.0 Å². The number of pyridine rings is 1. The average Bonchev–Trinajstić information content (AvgIpc) is 2.46. The zero-order valence-corrected chi connectivity index (χ0v) is 13.3. The molecular formula is C17H21ClN2O. The molecule has 1 saturated heterocycles. The maximum Gasteiger partial charge on any atom is 0.0761 e. The molecule has 4 heteroatoms. The van der Waals surface area contributed by atoms with Crippen molar-refractivity contribution in [3.63, 3.8) is 0 Å². The number of hydrogen-bond acceptors (Lipinski definition) is 3. The van der Waals surface area contributed by atoms with E-state index in [1.54, 1.807) is 0 Å². The van der Waals surface area contributed by atoms with Crippen LogP contribution in [0.2, 0.25) is 5.02 Å². The number of rotatable bonds is 3. The van der Waals surface area contributed by atoms with Crippen LogP contribution in [0.15, 0.2) is 30.5 Å². The molecular weight excluding hydrogens is 284 g/mol. The molecule has 0 bridgehead atoms. The van der Waals surface area contributed by atoms with Gasteiger partial charge in [-0.2, -0.15) is 0 Å². The molecule has 1 unspecified atom stereocenters. The predicted molar refractivity (Wildman–Crippen MR) is 86.6 cm³/mol. The molecule has 112 valence electrons. The topological polar surface area (TPSA) is 34.2 Å². The molecule has 0 radical (unpaired) electrons. The Morgan fingerprint density at radius 3 is 3.05 bits per heavy atom. The molecule has 3 nitrogen and oxygen atoms in total. The van der Waals surface area contributed by atoms with E-state index in [0.717, 1.165) is 41.9 Å². The summed E-state index contributed by atoms with van der Waals surface area (Å²) in [6.45, 7) is 5.94. The van der Waals surface area contributed by atoms with Crippen LogP contribution in [-0.4, -0.2) is 23.2 Å². The maximum atomic E-state index is 6.24. The van der Waals surface area contributed by atoms with Crippen molar-refractivity contribution in [2.45, 2.75) is 44.9 Å². The van der Waals surface area contributed by atoms with Gasteiger partial charge in [-0.3, -0.25) is 4.98 Å². The van der Waals surface area contributed by atoms with E-state index < -0.39 is 0 Å². The van der Waals surface area contributed by atoms with Crippen molar-refractivity contribution in [1.82, 2.24) is 10.3 Å². The minimum atomic E-state index is -0.0315. The van der Waals surface area contributed by atoms with Crippen LogP contribution in [0.3, 0.4) is 0 Å². The molecule has 1 atom stereocenters. The third-order valence-corrected chi connectivity index (χ3v) is 4.41. The van der Waals surface area contributed by atoms with Gasteiger partial charge in [-0.15, -0.1) is 0 Å². The fourth-order valence-corrected chi connectivity index (χ4v) is 3.21. The molecule has 1 aliphatic rings. The number of fused-ring (bicyclic) bond motifs is 1. The Morgan fingerprint density at radius 1 is 1.38 bits per heavy atom. The first-order chi connectivity index (χ1) is 10.1. The Hall–Kier alpha value is -1.16. The van der Waals surface area contributed by atoms with Crippen LogP contribution in [0.5, 0.6) is 0 Å². The number of benzene rings is 1. The zero-order chi connectivity index (χ0) is 14.9. The lowest BCUT2D eigenvalue weighted by Gasteiger charge is -2.36. The molecule has 1 aromatic carbocycles. The van der Waals surface area contributed by atoms with Crippen molar-refractivity contribution in [1.29, 1.82) is 0 Å². The van der Waals surface area contributed by atoms with E-state index in [0.29, 0.717) is 6.04 Å². The van der Waals surface area contributed by atoms with Crippen molar-refractivity contribution in [2.24, 2.45) is 0 Å². The quantitative estimate of drug-likeness (QED) is 0.933. The molecule has 0 spiro atoms. The van der Waals surface area contributed by atoms with Gasteiger partial charge in [0.15, 0.2) is 0 Å². The van der Waals surface area contributed by atoms with E-state index in [1.807, 2.05) is 24.4 Å². The van der Waals surface area contributed by atoms with E-state index in [1.165, 1.54) is 5.56 Å². The van der Waals surface area contributed by atoms with Gasteiger partial charge in [0.25, 0.3) is 0 Å². The number of halogens is 1. The fourth-order valence-electron chi connectivity index (χ4n) is 3.00. The third kappa shape index (κ3) is 3.37. The van der Waals surface area contributed by atoms with Crippen LogP contribution >= 0.6 is 11.6 Å². The van der Waals surface area contributed by atoms with E-state index >= 15 is 0 Å². The Bertz CT molecular complexity index is 642. The molecule has 1 fully saturated rings. The smallest absolute Gasteiger partial charge is 0.0761 e. The van der Waals surface area contributed by atoms with Crippen LogP contribution in [0.4, 0.5) is 0 Å². The lowest BCUT2D eigenvalue weighted by atomic mass is 9.94. The summed E-state index contributed by atoms with van der Waals surface area (Å²) in [6.07, 6.45) is 3.91. The fraction of sp³-hybridized carbons (Fsp3) is 0.471. The molecule has 0 aliphatic carbocycles. The van der Waals surface area contributed by atoms with E-state index in [4.69, 9.17) is 16.3 Å². The minimum Gasteiger partial charge on any atom is -0.375 e. The summed E-state index contributed by atoms with van der Waals surface area (Å²) in [6, 6.07) is 8.45. The molecule has 21 heavy (non-hydrogen) atoms. The Morgan fingerprint density at radius 2 is 2.24 bits per heavy atom. The van der Waals surface area contributed by atoms with Crippen molar-refractivity contribution in [2.75, 3.05) is 6.61 Å². The molecule has 1 aliphatic heterocycles. The lowest BCUT2D eigenvalue weighted by Crippen LogP contribution is -2.43. The highest BCUT2D eigenvalue weighted by molar-refractivity contribution is 6.35. The molecule has 1 aromatic heterocycles. The zero-order valence-electron chi connectivity index (χ0n) is 12.5. The highest BCUT2D eigenvalue weighted by Gasteiger charge is 2.28. The average molecular weight is 305 g/mol. The van der Waals surface area contributed by atoms with Crippen LogP contribution in [-0.2, 0) is 11.3 Å². The number of nitrogens with one attached hydrogen (secondary N) is 1. The number of aromatic nitrogens is 1. The summed E-state index contributed by atoms with van der Waals surface area (Å²) in [7, 11) is 0. The third-order valence-electron chi connectivity index (χ3n) is 4.08. The van der Waals surface area contributed by atoms with Gasteiger partial charge in [0.05, 0.1) is 11.1 Å². The van der Waals surface area contributed by atoms with Crippen LogP contribution in [0, 0.1) is 0 Å². The van der Waals surface area contributed by atoms with Crippen LogP contribution in [0.25, 0.3) is 10.9 Å². The van der Waals surface area contributed by atoms with Gasteiger partial charge in [-0.25, -0.2) is 0 Å². The van der Waals surface area contributed by atoms with Crippen molar-refractivity contribution in [3.8, 4) is 0 Å². The maximum absolute atomic E-state index is 6.24. The standard InChI is InChI=1S/C17H21ClN2O/c1-17(2)10-13(7-9-21-17)20-11-12-5-6-15(18)14-4-3-8-19-16(12)14/h3-6,8,13,20H,7,9-11H2,1-2H3. The second-order valence-electron chi connectivity index (χ2n) is 6.28. The Kier molecular flexibility index (Phi) is 4.16. The Balaban J connectivity index is 1.75. The summed E-state index contributed by atoms with van der Waals surface area (Å²) in [4.78, 5) is 4.49. The second-order valence-corrected chi connectivity index (χ2v) is 6.69.